The quantitative estimate of drug-likeness (QED) is 0.588. The summed E-state index contributed by atoms with van der Waals surface area (Å²) in [6.07, 6.45) is 2.13. The van der Waals surface area contributed by atoms with Crippen molar-refractivity contribution in [3.8, 4) is 6.07 Å². The Morgan fingerprint density at radius 3 is 2.75 bits per heavy atom. The summed E-state index contributed by atoms with van der Waals surface area (Å²) in [5.41, 5.74) is 4.63. The number of rotatable bonds is 4. The lowest BCUT2D eigenvalue weighted by Crippen LogP contribution is -2.13. The monoisotopic (exact) mass is 332 g/mol. The average Bonchev–Trinajstić information content (AvgIpc) is 2.48. The smallest absolute Gasteiger partial charge is 0.148 e. The number of nitrogens with two attached hydrogens (primary N) is 1. The highest BCUT2D eigenvalue weighted by atomic mass is 79.9. The lowest BCUT2D eigenvalue weighted by molar-refractivity contribution is 1.04. The average molecular weight is 333 g/mol. The number of nitrogens with one attached hydrogen (secondary N) is 2. The molecule has 0 aliphatic heterocycles. The minimum absolute atomic E-state index is 0.530. The van der Waals surface area contributed by atoms with E-state index in [1.54, 1.807) is 6.07 Å². The van der Waals surface area contributed by atoms with Crippen LogP contribution >= 0.6 is 15.9 Å². The van der Waals surface area contributed by atoms with E-state index in [0.717, 1.165) is 10.0 Å². The molecule has 0 radical (unpaired) electrons. The molecule has 0 atom stereocenters. The van der Waals surface area contributed by atoms with Crippen molar-refractivity contribution >= 4 is 33.3 Å². The Labute approximate surface area is 125 Å². The second kappa shape index (κ2) is 6.32. The summed E-state index contributed by atoms with van der Waals surface area (Å²) in [5.74, 6) is 6.64. The fraction of sp³-hybridized carbons (Fsp3) is 0.154. The first-order valence-electron chi connectivity index (χ1n) is 5.96. The topological polar surface area (TPSA) is 99.7 Å². The van der Waals surface area contributed by atoms with E-state index in [1.165, 1.54) is 6.33 Å². The molecule has 0 bridgehead atoms. The van der Waals surface area contributed by atoms with Crippen LogP contribution in [0.2, 0.25) is 0 Å². The van der Waals surface area contributed by atoms with E-state index < -0.39 is 0 Å². The van der Waals surface area contributed by atoms with Gasteiger partial charge in [0.15, 0.2) is 0 Å². The SMILES string of the molecule is CCc1c(NN)ncnc1Nc1ccc(Br)cc1C#N. The third-order valence-electron chi connectivity index (χ3n) is 2.79. The van der Waals surface area contributed by atoms with E-state index in [2.05, 4.69) is 42.7 Å². The van der Waals surface area contributed by atoms with Gasteiger partial charge in [-0.2, -0.15) is 5.26 Å². The van der Waals surface area contributed by atoms with Gasteiger partial charge in [-0.1, -0.05) is 22.9 Å². The van der Waals surface area contributed by atoms with Crippen LogP contribution < -0.4 is 16.6 Å². The molecule has 1 aromatic heterocycles. The molecule has 2 rings (SSSR count). The van der Waals surface area contributed by atoms with E-state index in [0.29, 0.717) is 29.3 Å². The Kier molecular flexibility index (Phi) is 4.50. The van der Waals surface area contributed by atoms with Crippen LogP contribution in [0.1, 0.15) is 18.1 Å². The third kappa shape index (κ3) is 2.87. The summed E-state index contributed by atoms with van der Waals surface area (Å²) in [6.45, 7) is 1.98. The van der Waals surface area contributed by atoms with E-state index in [9.17, 15) is 5.26 Å². The number of nitrogens with zero attached hydrogens (tertiary/aromatic N) is 3. The summed E-state index contributed by atoms with van der Waals surface area (Å²) in [7, 11) is 0. The van der Waals surface area contributed by atoms with Gasteiger partial charge in [0.05, 0.1) is 11.3 Å². The van der Waals surface area contributed by atoms with Gasteiger partial charge in [0, 0.05) is 10.0 Å². The number of hydrazine groups is 1. The highest BCUT2D eigenvalue weighted by Gasteiger charge is 2.11. The zero-order valence-corrected chi connectivity index (χ0v) is 12.4. The summed E-state index contributed by atoms with van der Waals surface area (Å²) < 4.78 is 0.849. The Bertz CT molecular complexity index is 664. The molecule has 0 saturated heterocycles. The van der Waals surface area contributed by atoms with Crippen molar-refractivity contribution in [1.29, 1.82) is 5.26 Å². The molecule has 2 aromatic rings. The van der Waals surface area contributed by atoms with Crippen LogP contribution in [0, 0.1) is 11.3 Å². The Morgan fingerprint density at radius 2 is 2.10 bits per heavy atom. The zero-order chi connectivity index (χ0) is 14.5. The highest BCUT2D eigenvalue weighted by molar-refractivity contribution is 9.10. The minimum Gasteiger partial charge on any atom is -0.339 e. The number of halogens is 1. The van der Waals surface area contributed by atoms with Crippen LogP contribution in [0.4, 0.5) is 17.3 Å². The Hall–Kier alpha value is -2.17. The summed E-state index contributed by atoms with van der Waals surface area (Å²) in [4.78, 5) is 8.28. The lowest BCUT2D eigenvalue weighted by atomic mass is 10.1. The molecule has 20 heavy (non-hydrogen) atoms. The van der Waals surface area contributed by atoms with Crippen LogP contribution in [-0.4, -0.2) is 9.97 Å². The van der Waals surface area contributed by atoms with Gasteiger partial charge in [-0.05, 0) is 24.6 Å². The van der Waals surface area contributed by atoms with Crippen LogP contribution in [0.25, 0.3) is 0 Å². The van der Waals surface area contributed by atoms with Crippen molar-refractivity contribution in [2.24, 2.45) is 5.84 Å². The maximum atomic E-state index is 9.17. The highest BCUT2D eigenvalue weighted by Crippen LogP contribution is 2.27. The van der Waals surface area contributed by atoms with E-state index in [1.807, 2.05) is 19.1 Å². The molecule has 0 fully saturated rings. The fourth-order valence-electron chi connectivity index (χ4n) is 1.82. The molecule has 1 heterocycles. The van der Waals surface area contributed by atoms with Crippen molar-refractivity contribution in [1.82, 2.24) is 9.97 Å². The standard InChI is InChI=1S/C13H13BrN6/c1-2-10-12(17-7-18-13(10)20-16)19-11-4-3-9(14)5-8(11)6-15/h3-5,7H,2,16H2,1H3,(H2,17,18,19,20). The van der Waals surface area contributed by atoms with Gasteiger partial charge < -0.3 is 10.7 Å². The number of nitriles is 1. The largest absolute Gasteiger partial charge is 0.339 e. The maximum Gasteiger partial charge on any atom is 0.148 e. The predicted molar refractivity (Wildman–Crippen MR) is 81.4 cm³/mol. The number of nitrogen functional groups attached to an aromatic ring is 1. The Morgan fingerprint density at radius 1 is 1.35 bits per heavy atom. The fourth-order valence-corrected chi connectivity index (χ4v) is 2.19. The molecule has 4 N–H and O–H groups in total. The second-order valence-electron chi connectivity index (χ2n) is 3.97. The first-order valence-corrected chi connectivity index (χ1v) is 6.76. The molecular weight excluding hydrogens is 320 g/mol. The third-order valence-corrected chi connectivity index (χ3v) is 3.28. The summed E-state index contributed by atoms with van der Waals surface area (Å²) in [5, 5.41) is 12.3. The van der Waals surface area contributed by atoms with Gasteiger partial charge in [-0.25, -0.2) is 15.8 Å². The molecule has 1 aromatic carbocycles. The van der Waals surface area contributed by atoms with Crippen LogP contribution in [0.5, 0.6) is 0 Å². The second-order valence-corrected chi connectivity index (χ2v) is 4.89. The van der Waals surface area contributed by atoms with Gasteiger partial charge >= 0.3 is 0 Å². The zero-order valence-electron chi connectivity index (χ0n) is 10.8. The molecular formula is C13H13BrN6. The molecule has 7 heteroatoms. The molecule has 102 valence electrons. The first kappa shape index (κ1) is 14.2. The van der Waals surface area contributed by atoms with Crippen LogP contribution in [0.3, 0.4) is 0 Å². The van der Waals surface area contributed by atoms with Gasteiger partial charge in [0.25, 0.3) is 0 Å². The van der Waals surface area contributed by atoms with Crippen molar-refractivity contribution in [2.45, 2.75) is 13.3 Å². The normalized spacial score (nSPS) is 9.90. The summed E-state index contributed by atoms with van der Waals surface area (Å²) >= 11 is 3.34. The van der Waals surface area contributed by atoms with Crippen molar-refractivity contribution in [3.63, 3.8) is 0 Å². The molecule has 0 spiro atoms. The molecule has 6 nitrogen and oxygen atoms in total. The number of aromatic nitrogens is 2. The Balaban J connectivity index is 2.43. The van der Waals surface area contributed by atoms with E-state index in [-0.39, 0.29) is 0 Å². The summed E-state index contributed by atoms with van der Waals surface area (Å²) in [6, 6.07) is 7.57. The first-order chi connectivity index (χ1) is 9.69. The molecule has 0 saturated carbocycles. The molecule has 0 amide bonds. The number of anilines is 3. The van der Waals surface area contributed by atoms with Crippen LogP contribution in [-0.2, 0) is 6.42 Å². The van der Waals surface area contributed by atoms with Gasteiger partial charge in [-0.3, -0.25) is 0 Å². The van der Waals surface area contributed by atoms with Gasteiger partial charge in [-0.15, -0.1) is 0 Å². The number of hydrogen-bond donors (Lipinski definition) is 3. The molecule has 0 aliphatic rings. The van der Waals surface area contributed by atoms with Gasteiger partial charge in [0.2, 0.25) is 0 Å². The molecule has 0 unspecified atom stereocenters. The van der Waals surface area contributed by atoms with E-state index >= 15 is 0 Å². The van der Waals surface area contributed by atoms with E-state index in [4.69, 9.17) is 5.84 Å². The lowest BCUT2D eigenvalue weighted by Gasteiger charge is -2.13. The number of benzene rings is 1. The predicted octanol–water partition coefficient (Wildman–Crippen LogP) is 2.70. The van der Waals surface area contributed by atoms with Crippen molar-refractivity contribution in [3.05, 3.63) is 40.1 Å². The van der Waals surface area contributed by atoms with Crippen molar-refractivity contribution < 1.29 is 0 Å². The van der Waals surface area contributed by atoms with Crippen molar-refractivity contribution in [2.75, 3.05) is 10.7 Å². The maximum absolute atomic E-state index is 9.17. The minimum atomic E-state index is 0.530. The number of hydrogen-bond acceptors (Lipinski definition) is 6. The van der Waals surface area contributed by atoms with Gasteiger partial charge in [0.1, 0.15) is 24.0 Å². The van der Waals surface area contributed by atoms with Crippen LogP contribution in [0.15, 0.2) is 29.0 Å². The molecule has 0 aliphatic carbocycles.